The third kappa shape index (κ3) is 7.11. The van der Waals surface area contributed by atoms with Crippen LogP contribution in [0.25, 0.3) is 12.2 Å². The summed E-state index contributed by atoms with van der Waals surface area (Å²) >= 11 is 0. The third-order valence-electron chi connectivity index (χ3n) is 2.71. The van der Waals surface area contributed by atoms with Gasteiger partial charge in [-0.05, 0) is 11.1 Å². The number of aliphatic hydroxyl groups excluding tert-OH is 1. The summed E-state index contributed by atoms with van der Waals surface area (Å²) in [4.78, 5) is 11.6. The molecule has 0 unspecified atom stereocenters. The minimum atomic E-state index is -0.380. The normalized spacial score (nSPS) is 11.5. The standard InChI is InChI=1S/C19H15O2.Ba.H/c20-18(13-11-16-7-3-1-4-8-16)15-19(21)14-12-17-9-5-2-6-10-17;;/h1-14,20H;;/q-1;+2;-1/b13-11+,14-12+;;. The van der Waals surface area contributed by atoms with Gasteiger partial charge >= 0.3 is 48.9 Å². The molecule has 1 N–H and O–H groups in total. The fraction of sp³-hybridized carbons (Fsp3) is 0. The van der Waals surface area contributed by atoms with Crippen molar-refractivity contribution in [1.29, 1.82) is 0 Å². The molecule has 0 aliphatic heterocycles. The first-order chi connectivity index (χ1) is 10.2. The van der Waals surface area contributed by atoms with Gasteiger partial charge in [0.1, 0.15) is 0 Å². The number of benzene rings is 2. The molecule has 106 valence electrons. The molecule has 0 atom stereocenters. The van der Waals surface area contributed by atoms with Gasteiger partial charge in [-0.1, -0.05) is 66.7 Å². The van der Waals surface area contributed by atoms with E-state index in [0.29, 0.717) is 0 Å². The Balaban J connectivity index is 0.00000242. The number of ketones is 1. The average Bonchev–Trinajstić information content (AvgIpc) is 2.53. The molecule has 0 fully saturated rings. The van der Waals surface area contributed by atoms with E-state index < -0.39 is 0 Å². The number of rotatable bonds is 5. The monoisotopic (exact) mass is 414 g/mol. The van der Waals surface area contributed by atoms with Crippen molar-refractivity contribution in [3.8, 4) is 0 Å². The van der Waals surface area contributed by atoms with E-state index in [-0.39, 0.29) is 61.9 Å². The van der Waals surface area contributed by atoms with Crippen molar-refractivity contribution in [3.05, 3.63) is 95.8 Å². The molecule has 0 heterocycles. The van der Waals surface area contributed by atoms with E-state index >= 15 is 0 Å². The SMILES string of the molecule is O=C([C-]=C(O)/C=C/c1ccccc1)/C=C/c1ccccc1.[Ba+2].[H-]. The van der Waals surface area contributed by atoms with Crippen molar-refractivity contribution in [2.75, 3.05) is 0 Å². The summed E-state index contributed by atoms with van der Waals surface area (Å²) in [5.74, 6) is -0.573. The average molecular weight is 414 g/mol. The zero-order valence-electron chi connectivity index (χ0n) is 13.1. The largest absolute Gasteiger partial charge is 2.00 e. The molecular weight excluding hydrogens is 398 g/mol. The number of allylic oxidation sites excluding steroid dienone is 3. The summed E-state index contributed by atoms with van der Waals surface area (Å²) in [5, 5.41) is 9.64. The summed E-state index contributed by atoms with van der Waals surface area (Å²) in [6.07, 6.45) is 8.61. The van der Waals surface area contributed by atoms with Gasteiger partial charge in [-0.15, -0.1) is 24.3 Å². The van der Waals surface area contributed by atoms with E-state index in [0.717, 1.165) is 11.1 Å². The summed E-state index contributed by atoms with van der Waals surface area (Å²) in [6, 6.07) is 19.0. The van der Waals surface area contributed by atoms with Crippen LogP contribution in [0.2, 0.25) is 0 Å². The summed E-state index contributed by atoms with van der Waals surface area (Å²) < 4.78 is 0. The Bertz CT molecular complexity index is 677. The van der Waals surface area contributed by atoms with Crippen molar-refractivity contribution in [3.63, 3.8) is 0 Å². The van der Waals surface area contributed by atoms with Gasteiger partial charge < -0.3 is 11.3 Å². The smallest absolute Gasteiger partial charge is 1.00 e. The van der Waals surface area contributed by atoms with Gasteiger partial charge in [0.25, 0.3) is 0 Å². The maximum Gasteiger partial charge on any atom is 2.00 e. The minimum Gasteiger partial charge on any atom is -1.00 e. The van der Waals surface area contributed by atoms with Gasteiger partial charge in [0.2, 0.25) is 0 Å². The Morgan fingerprint density at radius 2 is 1.32 bits per heavy atom. The van der Waals surface area contributed by atoms with Crippen LogP contribution in [0.3, 0.4) is 0 Å². The van der Waals surface area contributed by atoms with Gasteiger partial charge in [-0.3, -0.25) is 0 Å². The molecule has 0 aliphatic rings. The first-order valence-corrected chi connectivity index (χ1v) is 6.57. The Kier molecular flexibility index (Phi) is 8.89. The summed E-state index contributed by atoms with van der Waals surface area (Å²) in [7, 11) is 0. The van der Waals surface area contributed by atoms with Crippen molar-refractivity contribution in [1.82, 2.24) is 0 Å². The number of carbonyl (C=O) groups is 1. The van der Waals surface area contributed by atoms with Crippen LogP contribution >= 0.6 is 0 Å². The topological polar surface area (TPSA) is 37.3 Å². The molecule has 0 spiro atoms. The van der Waals surface area contributed by atoms with Crippen LogP contribution in [0.4, 0.5) is 0 Å². The van der Waals surface area contributed by atoms with Gasteiger partial charge in [0, 0.05) is 5.76 Å². The second-order valence-electron chi connectivity index (χ2n) is 4.36. The Morgan fingerprint density at radius 3 is 1.82 bits per heavy atom. The molecule has 0 bridgehead atoms. The molecule has 2 nitrogen and oxygen atoms in total. The second kappa shape index (κ2) is 10.4. The third-order valence-corrected chi connectivity index (χ3v) is 2.71. The van der Waals surface area contributed by atoms with Crippen molar-refractivity contribution in [2.24, 2.45) is 0 Å². The summed E-state index contributed by atoms with van der Waals surface area (Å²) in [6.45, 7) is 0. The van der Waals surface area contributed by atoms with Gasteiger partial charge in [0.15, 0.2) is 0 Å². The summed E-state index contributed by atoms with van der Waals surface area (Å²) in [5.41, 5.74) is 1.87. The predicted octanol–water partition coefficient (Wildman–Crippen LogP) is 3.96. The maximum absolute atomic E-state index is 11.6. The zero-order valence-corrected chi connectivity index (χ0v) is 16.6. The fourth-order valence-electron chi connectivity index (χ4n) is 1.68. The van der Waals surface area contributed by atoms with E-state index in [4.69, 9.17) is 0 Å². The van der Waals surface area contributed by atoms with E-state index in [1.165, 1.54) is 12.2 Å². The molecule has 2 aromatic rings. The van der Waals surface area contributed by atoms with Crippen molar-refractivity contribution < 1.29 is 11.3 Å². The molecule has 2 aromatic carbocycles. The van der Waals surface area contributed by atoms with Crippen LogP contribution in [0.5, 0.6) is 0 Å². The van der Waals surface area contributed by atoms with Gasteiger partial charge in [-0.2, -0.15) is 0 Å². The molecule has 0 aliphatic carbocycles. The molecule has 0 saturated carbocycles. The van der Waals surface area contributed by atoms with E-state index in [1.807, 2.05) is 60.7 Å². The van der Waals surface area contributed by atoms with Crippen LogP contribution in [0, 0.1) is 6.08 Å². The number of hydrogen-bond donors (Lipinski definition) is 1. The number of carbonyl (C=O) groups excluding carboxylic acids is 1. The van der Waals surface area contributed by atoms with Gasteiger partial charge in [-0.25, -0.2) is 0 Å². The van der Waals surface area contributed by atoms with Crippen LogP contribution in [-0.4, -0.2) is 59.8 Å². The molecule has 0 radical (unpaired) electrons. The number of aliphatic hydroxyl groups is 1. The first kappa shape index (κ1) is 18.7. The van der Waals surface area contributed by atoms with Crippen molar-refractivity contribution in [2.45, 2.75) is 0 Å². The van der Waals surface area contributed by atoms with E-state index in [1.54, 1.807) is 12.2 Å². The quantitative estimate of drug-likeness (QED) is 0.265. The minimum absolute atomic E-state index is 0. The molecular formula is C19H16BaO2. The van der Waals surface area contributed by atoms with E-state index in [2.05, 4.69) is 6.08 Å². The molecule has 22 heavy (non-hydrogen) atoms. The predicted molar refractivity (Wildman–Crippen MR) is 92.2 cm³/mol. The molecule has 0 saturated heterocycles. The zero-order chi connectivity index (χ0) is 14.9. The first-order valence-electron chi connectivity index (χ1n) is 6.57. The Hall–Kier alpha value is -1.30. The molecule has 2 rings (SSSR count). The molecule has 0 aromatic heterocycles. The van der Waals surface area contributed by atoms with Gasteiger partial charge in [0.05, 0.1) is 5.78 Å². The molecule has 3 heteroatoms. The Labute approximate surface area is 172 Å². The maximum atomic E-state index is 11.6. The fourth-order valence-corrected chi connectivity index (χ4v) is 1.68. The van der Waals surface area contributed by atoms with Crippen molar-refractivity contribution >= 4 is 66.8 Å². The van der Waals surface area contributed by atoms with Crippen LogP contribution < -0.4 is 0 Å². The van der Waals surface area contributed by atoms with Crippen LogP contribution in [0.1, 0.15) is 12.6 Å². The number of hydrogen-bond acceptors (Lipinski definition) is 2. The van der Waals surface area contributed by atoms with Crippen LogP contribution in [-0.2, 0) is 4.79 Å². The Morgan fingerprint density at radius 1 is 0.864 bits per heavy atom. The van der Waals surface area contributed by atoms with Crippen LogP contribution in [0.15, 0.2) is 78.6 Å². The molecule has 0 amide bonds. The second-order valence-corrected chi connectivity index (χ2v) is 4.36. The van der Waals surface area contributed by atoms with E-state index in [9.17, 15) is 9.90 Å².